The van der Waals surface area contributed by atoms with Crippen molar-refractivity contribution < 1.29 is 14.3 Å². The maximum atomic E-state index is 12.7. The molecule has 2 rings (SSSR count). The largest absolute Gasteiger partial charge is 0.459 e. The van der Waals surface area contributed by atoms with Crippen LogP contribution in [-0.4, -0.2) is 60.5 Å². The third-order valence-electron chi connectivity index (χ3n) is 4.11. The Hall–Kier alpha value is -1.88. The van der Waals surface area contributed by atoms with Gasteiger partial charge in [-0.2, -0.15) is 0 Å². The van der Waals surface area contributed by atoms with E-state index in [0.717, 1.165) is 38.0 Å². The van der Waals surface area contributed by atoms with E-state index in [4.69, 9.17) is 4.74 Å². The van der Waals surface area contributed by atoms with Gasteiger partial charge in [0.1, 0.15) is 5.60 Å². The zero-order valence-corrected chi connectivity index (χ0v) is 14.9. The third kappa shape index (κ3) is 5.64. The van der Waals surface area contributed by atoms with Crippen LogP contribution in [0, 0.1) is 0 Å². The molecule has 1 aliphatic heterocycles. The molecule has 0 N–H and O–H groups in total. The van der Waals surface area contributed by atoms with E-state index in [9.17, 15) is 9.59 Å². The van der Waals surface area contributed by atoms with Gasteiger partial charge in [0.05, 0.1) is 5.92 Å². The number of benzene rings is 1. The highest BCUT2D eigenvalue weighted by atomic mass is 16.6. The second-order valence-electron chi connectivity index (χ2n) is 7.29. The predicted octanol–water partition coefficient (Wildman–Crippen LogP) is 2.28. The maximum Gasteiger partial charge on any atom is 0.315 e. The van der Waals surface area contributed by atoms with Crippen molar-refractivity contribution in [3.63, 3.8) is 0 Å². The highest BCUT2D eigenvalue weighted by Crippen LogP contribution is 2.22. The van der Waals surface area contributed by atoms with E-state index < -0.39 is 5.60 Å². The molecule has 1 aromatic rings. The van der Waals surface area contributed by atoms with Gasteiger partial charge in [0.2, 0.25) is 6.41 Å². The van der Waals surface area contributed by atoms with Crippen molar-refractivity contribution in [3.05, 3.63) is 35.9 Å². The van der Waals surface area contributed by atoms with Gasteiger partial charge in [-0.25, -0.2) is 0 Å². The second-order valence-corrected chi connectivity index (χ2v) is 7.29. The van der Waals surface area contributed by atoms with Gasteiger partial charge in [0, 0.05) is 26.2 Å². The van der Waals surface area contributed by atoms with Crippen molar-refractivity contribution in [2.24, 2.45) is 0 Å². The molecule has 1 heterocycles. The minimum atomic E-state index is -0.503. The molecule has 24 heavy (non-hydrogen) atoms. The van der Waals surface area contributed by atoms with Crippen LogP contribution < -0.4 is 0 Å². The molecule has 0 aliphatic carbocycles. The van der Waals surface area contributed by atoms with Gasteiger partial charge in [0.25, 0.3) is 0 Å². The average Bonchev–Trinajstić information content (AvgIpc) is 2.76. The summed E-state index contributed by atoms with van der Waals surface area (Å²) in [6.45, 7) is 9.44. The summed E-state index contributed by atoms with van der Waals surface area (Å²) in [7, 11) is 0. The van der Waals surface area contributed by atoms with E-state index in [0.29, 0.717) is 13.1 Å². The molecule has 132 valence electrons. The first-order valence-corrected chi connectivity index (χ1v) is 8.58. The lowest BCUT2D eigenvalue weighted by molar-refractivity contribution is -0.157. The highest BCUT2D eigenvalue weighted by molar-refractivity contribution is 5.78. The number of carbonyl (C=O) groups excluding carboxylic acids is 2. The van der Waals surface area contributed by atoms with E-state index >= 15 is 0 Å². The Balaban J connectivity index is 2.11. The maximum absolute atomic E-state index is 12.7. The van der Waals surface area contributed by atoms with Crippen LogP contribution in [-0.2, 0) is 14.3 Å². The van der Waals surface area contributed by atoms with Gasteiger partial charge < -0.3 is 14.5 Å². The number of ether oxygens (including phenoxy) is 1. The molecule has 1 atom stereocenters. The summed E-state index contributed by atoms with van der Waals surface area (Å²) in [6, 6.07) is 9.80. The molecule has 0 aromatic heterocycles. The lowest BCUT2D eigenvalue weighted by atomic mass is 9.98. The lowest BCUT2D eigenvalue weighted by Crippen LogP contribution is -2.37. The molecular weight excluding hydrogens is 304 g/mol. The van der Waals surface area contributed by atoms with Crippen molar-refractivity contribution in [1.29, 1.82) is 0 Å². The summed E-state index contributed by atoms with van der Waals surface area (Å²) >= 11 is 0. The van der Waals surface area contributed by atoms with Gasteiger partial charge in [-0.3, -0.25) is 9.59 Å². The van der Waals surface area contributed by atoms with Crippen molar-refractivity contribution >= 4 is 12.4 Å². The van der Waals surface area contributed by atoms with Gasteiger partial charge in [-0.05, 0) is 39.3 Å². The first kappa shape index (κ1) is 18.5. The van der Waals surface area contributed by atoms with Gasteiger partial charge >= 0.3 is 5.97 Å². The van der Waals surface area contributed by atoms with E-state index in [1.165, 1.54) is 0 Å². The van der Waals surface area contributed by atoms with Crippen LogP contribution in [0.2, 0.25) is 0 Å². The number of carbonyl (C=O) groups is 2. The zero-order valence-electron chi connectivity index (χ0n) is 14.9. The molecule has 1 aromatic carbocycles. The molecule has 1 aliphatic rings. The molecule has 0 radical (unpaired) electrons. The molecular formula is C19H28N2O3. The Morgan fingerprint density at radius 2 is 1.88 bits per heavy atom. The summed E-state index contributed by atoms with van der Waals surface area (Å²) < 4.78 is 5.64. The van der Waals surface area contributed by atoms with Gasteiger partial charge in [-0.1, -0.05) is 30.3 Å². The van der Waals surface area contributed by atoms with Gasteiger partial charge in [0.15, 0.2) is 0 Å². The number of hydrogen-bond acceptors (Lipinski definition) is 4. The zero-order chi connectivity index (χ0) is 17.6. The van der Waals surface area contributed by atoms with Gasteiger partial charge in [-0.15, -0.1) is 0 Å². The Kier molecular flexibility index (Phi) is 6.37. The van der Waals surface area contributed by atoms with Crippen LogP contribution in [0.15, 0.2) is 30.3 Å². The number of esters is 1. The molecule has 1 amide bonds. The summed E-state index contributed by atoms with van der Waals surface area (Å²) in [5, 5.41) is 0. The molecule has 1 fully saturated rings. The van der Waals surface area contributed by atoms with E-state index in [-0.39, 0.29) is 11.9 Å². The van der Waals surface area contributed by atoms with Crippen LogP contribution in [0.25, 0.3) is 0 Å². The molecule has 5 nitrogen and oxygen atoms in total. The molecule has 1 saturated heterocycles. The average molecular weight is 332 g/mol. The Morgan fingerprint density at radius 1 is 1.17 bits per heavy atom. The van der Waals surface area contributed by atoms with Crippen molar-refractivity contribution in [3.8, 4) is 0 Å². The number of hydrogen-bond donors (Lipinski definition) is 0. The van der Waals surface area contributed by atoms with Crippen molar-refractivity contribution in [2.75, 3.05) is 32.7 Å². The molecule has 0 spiro atoms. The van der Waals surface area contributed by atoms with E-state index in [1.54, 1.807) is 4.90 Å². The Labute approximate surface area is 144 Å². The fraction of sp³-hybridized carbons (Fsp3) is 0.579. The molecule has 5 heteroatoms. The number of nitrogens with zero attached hydrogens (tertiary/aromatic N) is 2. The van der Waals surface area contributed by atoms with Crippen molar-refractivity contribution in [2.45, 2.75) is 38.7 Å². The topological polar surface area (TPSA) is 49.9 Å². The highest BCUT2D eigenvalue weighted by Gasteiger charge is 2.29. The second kappa shape index (κ2) is 8.29. The summed E-state index contributed by atoms with van der Waals surface area (Å²) in [4.78, 5) is 27.7. The summed E-state index contributed by atoms with van der Waals surface area (Å²) in [6.07, 6.45) is 1.83. The van der Waals surface area contributed by atoms with Crippen LogP contribution in [0.4, 0.5) is 0 Å². The van der Waals surface area contributed by atoms with E-state index in [2.05, 4.69) is 4.90 Å². The minimum absolute atomic E-state index is 0.190. The van der Waals surface area contributed by atoms with Crippen LogP contribution >= 0.6 is 0 Å². The van der Waals surface area contributed by atoms with E-state index in [1.807, 2.05) is 51.1 Å². The minimum Gasteiger partial charge on any atom is -0.459 e. The first-order valence-electron chi connectivity index (χ1n) is 8.58. The first-order chi connectivity index (χ1) is 11.4. The Bertz CT molecular complexity index is 539. The summed E-state index contributed by atoms with van der Waals surface area (Å²) in [5.41, 5.74) is 0.472. The lowest BCUT2D eigenvalue weighted by Gasteiger charge is -2.28. The van der Waals surface area contributed by atoms with Crippen LogP contribution in [0.1, 0.15) is 38.7 Å². The third-order valence-corrected chi connectivity index (χ3v) is 4.11. The number of amides is 1. The number of rotatable bonds is 5. The molecule has 0 saturated carbocycles. The standard InChI is InChI=1S/C19H28N2O3/c1-19(2,3)24-18(23)17(16-8-5-4-6-9-16)14-20-10-7-11-21(15-22)13-12-20/h4-6,8-9,15,17H,7,10-14H2,1-3H3. The summed E-state index contributed by atoms with van der Waals surface area (Å²) in [5.74, 6) is -0.501. The molecule has 1 unspecified atom stereocenters. The fourth-order valence-electron chi connectivity index (χ4n) is 2.91. The predicted molar refractivity (Wildman–Crippen MR) is 93.7 cm³/mol. The quantitative estimate of drug-likeness (QED) is 0.613. The monoisotopic (exact) mass is 332 g/mol. The van der Waals surface area contributed by atoms with Crippen LogP contribution in [0.5, 0.6) is 0 Å². The molecule has 0 bridgehead atoms. The Morgan fingerprint density at radius 3 is 2.50 bits per heavy atom. The van der Waals surface area contributed by atoms with Crippen LogP contribution in [0.3, 0.4) is 0 Å². The fourth-order valence-corrected chi connectivity index (χ4v) is 2.91. The smallest absolute Gasteiger partial charge is 0.315 e. The van der Waals surface area contributed by atoms with Crippen molar-refractivity contribution in [1.82, 2.24) is 9.80 Å². The normalized spacial score (nSPS) is 17.9. The SMILES string of the molecule is CC(C)(C)OC(=O)C(CN1CCCN(C=O)CC1)c1ccccc1.